The van der Waals surface area contributed by atoms with Gasteiger partial charge < -0.3 is 5.73 Å². The predicted octanol–water partition coefficient (Wildman–Crippen LogP) is 4.87. The molecule has 0 bridgehead atoms. The lowest BCUT2D eigenvalue weighted by Gasteiger charge is -2.60. The molecule has 0 aromatic rings. The molecule has 0 aromatic heterocycles. The van der Waals surface area contributed by atoms with E-state index in [1.165, 1.54) is 63.5 Å². The number of fused-ring (bicyclic) bond motifs is 5. The highest BCUT2D eigenvalue weighted by Gasteiger charge is 2.57. The van der Waals surface area contributed by atoms with Crippen molar-refractivity contribution in [3.05, 3.63) is 11.8 Å². The molecule has 0 aromatic carbocycles. The third kappa shape index (κ3) is 1.56. The van der Waals surface area contributed by atoms with E-state index in [2.05, 4.69) is 19.9 Å². The molecule has 0 saturated heterocycles. The van der Waals surface area contributed by atoms with Crippen molar-refractivity contribution < 1.29 is 0 Å². The van der Waals surface area contributed by atoms with E-state index in [9.17, 15) is 0 Å². The lowest BCUT2D eigenvalue weighted by molar-refractivity contribution is -0.0989. The van der Waals surface area contributed by atoms with E-state index in [0.29, 0.717) is 10.8 Å². The van der Waals surface area contributed by atoms with Gasteiger partial charge in [-0.3, -0.25) is 0 Å². The van der Waals surface area contributed by atoms with E-state index < -0.39 is 0 Å². The predicted molar refractivity (Wildman–Crippen MR) is 84.0 cm³/mol. The van der Waals surface area contributed by atoms with E-state index in [4.69, 9.17) is 5.73 Å². The van der Waals surface area contributed by atoms with Gasteiger partial charge in [0.15, 0.2) is 0 Å². The Labute approximate surface area is 124 Å². The van der Waals surface area contributed by atoms with Crippen molar-refractivity contribution in [2.75, 3.05) is 0 Å². The standard InChI is InChI=1S/C19H31N/c1-18-11-4-3-5-13(18)6-7-14-15-8-9-17(20)19(15,2)12-10-16(14)18/h9,13-16H,3-8,10-12,20H2,1-2H3. The van der Waals surface area contributed by atoms with E-state index in [-0.39, 0.29) is 0 Å². The minimum Gasteiger partial charge on any atom is -0.402 e. The van der Waals surface area contributed by atoms with Gasteiger partial charge in [0.2, 0.25) is 0 Å². The Morgan fingerprint density at radius 3 is 2.70 bits per heavy atom. The first-order valence-electron chi connectivity index (χ1n) is 9.02. The van der Waals surface area contributed by atoms with Crippen LogP contribution in [0.4, 0.5) is 0 Å². The Hall–Kier alpha value is -0.460. The summed E-state index contributed by atoms with van der Waals surface area (Å²) in [5.41, 5.74) is 8.60. The van der Waals surface area contributed by atoms with Crippen LogP contribution in [0.15, 0.2) is 11.8 Å². The molecule has 1 nitrogen and oxygen atoms in total. The number of hydrogen-bond acceptors (Lipinski definition) is 1. The Balaban J connectivity index is 1.65. The fourth-order valence-electron chi connectivity index (χ4n) is 6.90. The molecule has 0 radical (unpaired) electrons. The van der Waals surface area contributed by atoms with Crippen LogP contribution in [0.1, 0.15) is 71.6 Å². The summed E-state index contributed by atoms with van der Waals surface area (Å²) in [6.07, 6.45) is 15.4. The lowest BCUT2D eigenvalue weighted by atomic mass is 9.45. The molecule has 0 spiro atoms. The summed E-state index contributed by atoms with van der Waals surface area (Å²) in [6, 6.07) is 0. The Morgan fingerprint density at radius 2 is 1.85 bits per heavy atom. The molecule has 0 heterocycles. The normalized spacial score (nSPS) is 54.6. The van der Waals surface area contributed by atoms with Crippen LogP contribution in [0.2, 0.25) is 0 Å². The van der Waals surface area contributed by atoms with Gasteiger partial charge >= 0.3 is 0 Å². The molecule has 0 aliphatic heterocycles. The molecule has 112 valence electrons. The van der Waals surface area contributed by atoms with Gasteiger partial charge in [0, 0.05) is 11.1 Å². The van der Waals surface area contributed by atoms with E-state index in [1.807, 2.05) is 0 Å². The molecule has 6 atom stereocenters. The molecular weight excluding hydrogens is 242 g/mol. The zero-order valence-corrected chi connectivity index (χ0v) is 13.3. The molecule has 20 heavy (non-hydrogen) atoms. The first kappa shape index (κ1) is 13.2. The van der Waals surface area contributed by atoms with Gasteiger partial charge in [-0.05, 0) is 74.0 Å². The number of nitrogens with two attached hydrogens (primary N) is 1. The lowest BCUT2D eigenvalue weighted by Crippen LogP contribution is -2.52. The zero-order chi connectivity index (χ0) is 14.0. The second-order valence-electron chi connectivity index (χ2n) is 8.75. The van der Waals surface area contributed by atoms with Gasteiger partial charge in [-0.2, -0.15) is 0 Å². The molecule has 2 N–H and O–H groups in total. The Bertz CT molecular complexity index is 439. The Kier molecular flexibility index (Phi) is 2.82. The Morgan fingerprint density at radius 1 is 1.00 bits per heavy atom. The van der Waals surface area contributed by atoms with Crippen molar-refractivity contribution in [3.8, 4) is 0 Å². The summed E-state index contributed by atoms with van der Waals surface area (Å²) >= 11 is 0. The first-order chi connectivity index (χ1) is 9.56. The van der Waals surface area contributed by atoms with Crippen molar-refractivity contribution >= 4 is 0 Å². The fourth-order valence-corrected chi connectivity index (χ4v) is 6.90. The maximum absolute atomic E-state index is 6.37. The summed E-state index contributed by atoms with van der Waals surface area (Å²) in [7, 11) is 0. The molecule has 6 unspecified atom stereocenters. The highest BCUT2D eigenvalue weighted by molar-refractivity contribution is 5.22. The fraction of sp³-hybridized carbons (Fsp3) is 0.895. The van der Waals surface area contributed by atoms with Crippen LogP contribution < -0.4 is 5.73 Å². The summed E-state index contributed by atoms with van der Waals surface area (Å²) in [4.78, 5) is 0. The second-order valence-corrected chi connectivity index (χ2v) is 8.75. The summed E-state index contributed by atoms with van der Waals surface area (Å²) in [5.74, 6) is 3.86. The smallest absolute Gasteiger partial charge is 0.0103 e. The first-order valence-corrected chi connectivity index (χ1v) is 9.02. The van der Waals surface area contributed by atoms with Crippen molar-refractivity contribution in [1.82, 2.24) is 0 Å². The van der Waals surface area contributed by atoms with Crippen LogP contribution >= 0.6 is 0 Å². The van der Waals surface area contributed by atoms with Crippen LogP contribution in [0, 0.1) is 34.5 Å². The number of rotatable bonds is 0. The third-order valence-electron chi connectivity index (χ3n) is 8.22. The second kappa shape index (κ2) is 4.27. The molecule has 4 aliphatic carbocycles. The van der Waals surface area contributed by atoms with E-state index in [1.54, 1.807) is 0 Å². The van der Waals surface area contributed by atoms with Crippen molar-refractivity contribution in [3.63, 3.8) is 0 Å². The van der Waals surface area contributed by atoms with E-state index in [0.717, 1.165) is 23.7 Å². The molecule has 4 aliphatic rings. The highest BCUT2D eigenvalue weighted by atomic mass is 14.7. The van der Waals surface area contributed by atoms with Gasteiger partial charge in [-0.25, -0.2) is 0 Å². The molecule has 4 rings (SSSR count). The topological polar surface area (TPSA) is 26.0 Å². The minimum atomic E-state index is 0.346. The van der Waals surface area contributed by atoms with Gasteiger partial charge in [-0.1, -0.05) is 32.8 Å². The van der Waals surface area contributed by atoms with Crippen LogP contribution in [0.3, 0.4) is 0 Å². The minimum absolute atomic E-state index is 0.346. The quantitative estimate of drug-likeness (QED) is 0.669. The molecular formula is C19H31N. The van der Waals surface area contributed by atoms with Crippen molar-refractivity contribution in [2.24, 2.45) is 40.2 Å². The van der Waals surface area contributed by atoms with Crippen molar-refractivity contribution in [1.29, 1.82) is 0 Å². The summed E-state index contributed by atoms with van der Waals surface area (Å²) in [6.45, 7) is 5.12. The molecule has 3 saturated carbocycles. The average molecular weight is 273 g/mol. The van der Waals surface area contributed by atoms with Crippen LogP contribution in [0.5, 0.6) is 0 Å². The highest BCUT2D eigenvalue weighted by Crippen LogP contribution is 2.65. The summed E-state index contributed by atoms with van der Waals surface area (Å²) < 4.78 is 0. The van der Waals surface area contributed by atoms with Crippen LogP contribution in [0.25, 0.3) is 0 Å². The van der Waals surface area contributed by atoms with Gasteiger partial charge in [-0.15, -0.1) is 0 Å². The maximum Gasteiger partial charge on any atom is 0.0103 e. The molecule has 0 amide bonds. The van der Waals surface area contributed by atoms with Gasteiger partial charge in [0.25, 0.3) is 0 Å². The average Bonchev–Trinajstić information content (AvgIpc) is 2.74. The van der Waals surface area contributed by atoms with E-state index >= 15 is 0 Å². The third-order valence-corrected chi connectivity index (χ3v) is 8.22. The molecule has 3 fully saturated rings. The van der Waals surface area contributed by atoms with Gasteiger partial charge in [0.1, 0.15) is 0 Å². The zero-order valence-electron chi connectivity index (χ0n) is 13.3. The number of allylic oxidation sites excluding steroid dienone is 2. The van der Waals surface area contributed by atoms with Crippen molar-refractivity contribution in [2.45, 2.75) is 71.6 Å². The maximum atomic E-state index is 6.37. The van der Waals surface area contributed by atoms with Crippen LogP contribution in [-0.4, -0.2) is 0 Å². The summed E-state index contributed by atoms with van der Waals surface area (Å²) in [5, 5.41) is 0. The van der Waals surface area contributed by atoms with Crippen LogP contribution in [-0.2, 0) is 0 Å². The largest absolute Gasteiger partial charge is 0.402 e. The van der Waals surface area contributed by atoms with Gasteiger partial charge in [0.05, 0.1) is 0 Å². The SMILES string of the molecule is CC12CCC3C(CCC4CCCCC43C)C1CC=C2N. The molecule has 1 heteroatoms. The monoisotopic (exact) mass is 273 g/mol. The number of hydrogen-bond donors (Lipinski definition) is 1.